The highest BCUT2D eigenvalue weighted by Gasteiger charge is 2.24. The zero-order chi connectivity index (χ0) is 22.6. The van der Waals surface area contributed by atoms with Gasteiger partial charge >= 0.3 is 0 Å². The van der Waals surface area contributed by atoms with Crippen LogP contribution in [0.25, 0.3) is 0 Å². The van der Waals surface area contributed by atoms with E-state index in [4.69, 9.17) is 0 Å². The number of nitrogens with one attached hydrogen (secondary N) is 1. The average Bonchev–Trinajstić information content (AvgIpc) is 2.73. The molecular formula is C23H33N5O3. The maximum Gasteiger partial charge on any atom is 0.266 e. The number of hydrogen-bond acceptors (Lipinski definition) is 5. The van der Waals surface area contributed by atoms with Crippen molar-refractivity contribution in [2.45, 2.75) is 58.0 Å². The van der Waals surface area contributed by atoms with Gasteiger partial charge in [-0.05, 0) is 37.6 Å². The Hall–Kier alpha value is -2.74. The highest BCUT2D eigenvalue weighted by molar-refractivity contribution is 5.93. The lowest BCUT2D eigenvalue weighted by Crippen LogP contribution is -2.48. The van der Waals surface area contributed by atoms with Crippen molar-refractivity contribution in [3.63, 3.8) is 0 Å². The summed E-state index contributed by atoms with van der Waals surface area (Å²) in [6.07, 6.45) is 4.79. The lowest BCUT2D eigenvalue weighted by atomic mass is 9.92. The van der Waals surface area contributed by atoms with Crippen molar-refractivity contribution in [3.05, 3.63) is 62.4 Å². The molecule has 0 aromatic carbocycles. The summed E-state index contributed by atoms with van der Waals surface area (Å²) >= 11 is 0. The second kappa shape index (κ2) is 9.60. The lowest BCUT2D eigenvalue weighted by molar-refractivity contribution is 0.0907. The van der Waals surface area contributed by atoms with Crippen LogP contribution < -0.4 is 16.4 Å². The number of piperidine rings is 1. The second-order valence-electron chi connectivity index (χ2n) is 9.26. The maximum atomic E-state index is 12.5. The van der Waals surface area contributed by atoms with Crippen LogP contribution in [-0.2, 0) is 19.0 Å². The summed E-state index contributed by atoms with van der Waals surface area (Å²) in [5.74, 6) is -0.345. The van der Waals surface area contributed by atoms with Crippen LogP contribution in [0.5, 0.6) is 0 Å². The number of aryl methyl sites for hydroxylation is 1. The molecule has 2 aromatic rings. The zero-order valence-corrected chi connectivity index (χ0v) is 18.9. The maximum absolute atomic E-state index is 12.5. The van der Waals surface area contributed by atoms with Crippen molar-refractivity contribution >= 4 is 5.91 Å². The summed E-state index contributed by atoms with van der Waals surface area (Å²) in [6.45, 7) is 8.82. The summed E-state index contributed by atoms with van der Waals surface area (Å²) in [4.78, 5) is 39.3. The standard InChI is InChI=1S/C23H33N5O3/c1-23(2,3)19-10-11-20(29)28(25-19)15-14-27-13-6-5-8-17(27)16-24-21(30)18-9-7-12-26(4)22(18)31/h7,9-12,17H,5-6,8,13-16H2,1-4H3,(H,24,30). The van der Waals surface area contributed by atoms with Crippen molar-refractivity contribution in [2.24, 2.45) is 7.05 Å². The van der Waals surface area contributed by atoms with E-state index in [0.29, 0.717) is 19.6 Å². The van der Waals surface area contributed by atoms with E-state index in [-0.39, 0.29) is 34.0 Å². The molecule has 1 N–H and O–H groups in total. The highest BCUT2D eigenvalue weighted by atomic mass is 16.2. The van der Waals surface area contributed by atoms with Crippen molar-refractivity contribution in [3.8, 4) is 0 Å². The molecule has 31 heavy (non-hydrogen) atoms. The van der Waals surface area contributed by atoms with Gasteiger partial charge in [0.15, 0.2) is 0 Å². The third-order valence-corrected chi connectivity index (χ3v) is 5.85. The third kappa shape index (κ3) is 5.70. The minimum absolute atomic E-state index is 0.102. The molecule has 1 unspecified atom stereocenters. The average molecular weight is 428 g/mol. The number of nitrogens with zero attached hydrogens (tertiary/aromatic N) is 4. The van der Waals surface area contributed by atoms with Crippen molar-refractivity contribution in [1.29, 1.82) is 0 Å². The van der Waals surface area contributed by atoms with Gasteiger partial charge in [0.2, 0.25) is 0 Å². The minimum Gasteiger partial charge on any atom is -0.350 e. The Morgan fingerprint density at radius 2 is 1.94 bits per heavy atom. The van der Waals surface area contributed by atoms with Gasteiger partial charge in [0.25, 0.3) is 17.0 Å². The molecule has 2 aromatic heterocycles. The molecule has 168 valence electrons. The van der Waals surface area contributed by atoms with Gasteiger partial charge in [-0.25, -0.2) is 4.68 Å². The van der Waals surface area contributed by atoms with Crippen LogP contribution in [0, 0.1) is 0 Å². The smallest absolute Gasteiger partial charge is 0.266 e. The van der Waals surface area contributed by atoms with Gasteiger partial charge in [0.1, 0.15) is 5.56 Å². The van der Waals surface area contributed by atoms with E-state index < -0.39 is 0 Å². The number of aromatic nitrogens is 3. The number of rotatable bonds is 6. The molecule has 3 rings (SSSR count). The molecule has 3 heterocycles. The number of likely N-dealkylation sites (tertiary alicyclic amines) is 1. The van der Waals surface area contributed by atoms with E-state index >= 15 is 0 Å². The second-order valence-corrected chi connectivity index (χ2v) is 9.26. The molecule has 0 spiro atoms. The van der Waals surface area contributed by atoms with Crippen LogP contribution >= 0.6 is 0 Å². The van der Waals surface area contributed by atoms with Gasteiger partial charge in [-0.15, -0.1) is 0 Å². The Morgan fingerprint density at radius 3 is 2.68 bits per heavy atom. The normalized spacial score (nSPS) is 17.5. The summed E-state index contributed by atoms with van der Waals surface area (Å²) in [6, 6.07) is 6.80. The van der Waals surface area contributed by atoms with Crippen LogP contribution in [0.3, 0.4) is 0 Å². The number of carbonyl (C=O) groups is 1. The van der Waals surface area contributed by atoms with E-state index in [1.165, 1.54) is 4.57 Å². The largest absolute Gasteiger partial charge is 0.350 e. The summed E-state index contributed by atoms with van der Waals surface area (Å²) in [5, 5.41) is 7.48. The first kappa shape index (κ1) is 22.9. The van der Waals surface area contributed by atoms with E-state index in [1.54, 1.807) is 42.2 Å². The molecule has 8 heteroatoms. The van der Waals surface area contributed by atoms with Crippen LogP contribution in [0.1, 0.15) is 56.1 Å². The Labute approximate surface area is 182 Å². The van der Waals surface area contributed by atoms with Gasteiger partial charge in [-0.1, -0.05) is 27.2 Å². The van der Waals surface area contributed by atoms with Crippen LogP contribution in [0.4, 0.5) is 0 Å². The Kier molecular flexibility index (Phi) is 7.10. The zero-order valence-electron chi connectivity index (χ0n) is 18.9. The molecule has 1 atom stereocenters. The van der Waals surface area contributed by atoms with Crippen LogP contribution in [0.2, 0.25) is 0 Å². The topological polar surface area (TPSA) is 89.2 Å². The van der Waals surface area contributed by atoms with Gasteiger partial charge in [0, 0.05) is 43.9 Å². The summed E-state index contributed by atoms with van der Waals surface area (Å²) in [7, 11) is 1.63. The van der Waals surface area contributed by atoms with Crippen LogP contribution in [-0.4, -0.2) is 50.8 Å². The van der Waals surface area contributed by atoms with E-state index in [9.17, 15) is 14.4 Å². The molecule has 0 saturated carbocycles. The lowest BCUT2D eigenvalue weighted by Gasteiger charge is -2.35. The predicted molar refractivity (Wildman–Crippen MR) is 120 cm³/mol. The Bertz CT molecular complexity index is 1030. The first-order chi connectivity index (χ1) is 14.7. The van der Waals surface area contributed by atoms with Gasteiger partial charge in [-0.2, -0.15) is 5.10 Å². The molecule has 1 saturated heterocycles. The highest BCUT2D eigenvalue weighted by Crippen LogP contribution is 2.19. The third-order valence-electron chi connectivity index (χ3n) is 5.85. The molecule has 1 aliphatic rings. The van der Waals surface area contributed by atoms with E-state index in [1.807, 2.05) is 0 Å². The molecule has 1 aliphatic heterocycles. The number of pyridine rings is 1. The first-order valence-electron chi connectivity index (χ1n) is 10.9. The van der Waals surface area contributed by atoms with Crippen molar-refractivity contribution in [2.75, 3.05) is 19.6 Å². The summed E-state index contributed by atoms with van der Waals surface area (Å²) < 4.78 is 2.94. The molecular weight excluding hydrogens is 394 g/mol. The quantitative estimate of drug-likeness (QED) is 0.755. The molecule has 0 bridgehead atoms. The summed E-state index contributed by atoms with van der Waals surface area (Å²) in [5.41, 5.74) is 0.516. The van der Waals surface area contributed by atoms with Gasteiger partial charge < -0.3 is 9.88 Å². The van der Waals surface area contributed by atoms with E-state index in [2.05, 4.69) is 36.1 Å². The first-order valence-corrected chi connectivity index (χ1v) is 10.9. The van der Waals surface area contributed by atoms with Crippen LogP contribution in [0.15, 0.2) is 40.1 Å². The number of carbonyl (C=O) groups excluding carboxylic acids is 1. The van der Waals surface area contributed by atoms with Crippen molar-refractivity contribution < 1.29 is 4.79 Å². The fourth-order valence-corrected chi connectivity index (χ4v) is 3.89. The fraction of sp³-hybridized carbons (Fsp3) is 0.565. The SMILES string of the molecule is Cn1cccc(C(=O)NCC2CCCCN2CCn2nc(C(C)(C)C)ccc2=O)c1=O. The number of amides is 1. The monoisotopic (exact) mass is 427 g/mol. The molecule has 1 amide bonds. The Morgan fingerprint density at radius 1 is 1.16 bits per heavy atom. The minimum atomic E-state index is -0.345. The number of hydrogen-bond donors (Lipinski definition) is 1. The molecule has 0 radical (unpaired) electrons. The fourth-order valence-electron chi connectivity index (χ4n) is 3.89. The van der Waals surface area contributed by atoms with Gasteiger partial charge in [-0.3, -0.25) is 19.3 Å². The Balaban J connectivity index is 1.64. The van der Waals surface area contributed by atoms with Crippen molar-refractivity contribution in [1.82, 2.24) is 24.6 Å². The van der Waals surface area contributed by atoms with E-state index in [0.717, 1.165) is 31.5 Å². The molecule has 1 fully saturated rings. The van der Waals surface area contributed by atoms with Gasteiger partial charge in [0.05, 0.1) is 12.2 Å². The predicted octanol–water partition coefficient (Wildman–Crippen LogP) is 1.52. The molecule has 0 aliphatic carbocycles. The molecule has 8 nitrogen and oxygen atoms in total.